The van der Waals surface area contributed by atoms with Gasteiger partial charge in [0.25, 0.3) is 0 Å². The molecule has 0 aromatic rings. The van der Waals surface area contributed by atoms with Gasteiger partial charge in [0.2, 0.25) is 5.91 Å². The molecule has 2 atom stereocenters. The van der Waals surface area contributed by atoms with Gasteiger partial charge in [-0.1, -0.05) is 26.7 Å². The van der Waals surface area contributed by atoms with E-state index in [1.807, 2.05) is 0 Å². The molecule has 1 aliphatic heterocycles. The van der Waals surface area contributed by atoms with Crippen molar-refractivity contribution in [2.45, 2.75) is 58.5 Å². The van der Waals surface area contributed by atoms with E-state index in [4.69, 9.17) is 5.73 Å². The van der Waals surface area contributed by atoms with Crippen LogP contribution in [0.25, 0.3) is 0 Å². The maximum Gasteiger partial charge on any atom is 0.236 e. The smallest absolute Gasteiger partial charge is 0.236 e. The number of rotatable bonds is 7. The van der Waals surface area contributed by atoms with E-state index in [0.717, 1.165) is 6.54 Å². The van der Waals surface area contributed by atoms with Gasteiger partial charge in [0, 0.05) is 12.6 Å². The Hall–Kier alpha value is -0.610. The Morgan fingerprint density at radius 2 is 1.83 bits per heavy atom. The summed E-state index contributed by atoms with van der Waals surface area (Å²) in [4.78, 5) is 14.1. The van der Waals surface area contributed by atoms with Crippen molar-refractivity contribution in [1.29, 1.82) is 0 Å². The molecule has 106 valence electrons. The van der Waals surface area contributed by atoms with Crippen molar-refractivity contribution in [3.8, 4) is 0 Å². The third-order valence-electron chi connectivity index (χ3n) is 4.10. The zero-order chi connectivity index (χ0) is 13.5. The summed E-state index contributed by atoms with van der Waals surface area (Å²) in [6.45, 7) is 9.31. The van der Waals surface area contributed by atoms with Crippen LogP contribution in [0.4, 0.5) is 0 Å². The Bertz CT molecular complexity index is 243. The first-order valence-electron chi connectivity index (χ1n) is 7.37. The Labute approximate surface area is 111 Å². The molecule has 2 unspecified atom stereocenters. The van der Waals surface area contributed by atoms with Gasteiger partial charge in [0.05, 0.1) is 6.04 Å². The number of carbonyl (C=O) groups is 1. The maximum atomic E-state index is 11.6. The molecule has 1 heterocycles. The fourth-order valence-electron chi connectivity index (χ4n) is 2.87. The molecule has 4 nitrogen and oxygen atoms in total. The number of hydrogen-bond acceptors (Lipinski definition) is 3. The van der Waals surface area contributed by atoms with Crippen molar-refractivity contribution in [3.63, 3.8) is 0 Å². The number of carbonyl (C=O) groups excluding carboxylic acids is 1. The average Bonchev–Trinajstić information content (AvgIpc) is 2.87. The van der Waals surface area contributed by atoms with Crippen LogP contribution in [0.5, 0.6) is 0 Å². The summed E-state index contributed by atoms with van der Waals surface area (Å²) >= 11 is 0. The molecular formula is C14H29N3O. The molecule has 1 aliphatic rings. The maximum absolute atomic E-state index is 11.6. The number of hydrogen-bond donors (Lipinski definition) is 2. The first-order valence-corrected chi connectivity index (χ1v) is 7.37. The van der Waals surface area contributed by atoms with Crippen LogP contribution in [0.1, 0.15) is 46.5 Å². The number of nitrogens with zero attached hydrogens (tertiary/aromatic N) is 1. The normalized spacial score (nSPS) is 20.1. The minimum Gasteiger partial charge on any atom is -0.353 e. The molecule has 1 amide bonds. The van der Waals surface area contributed by atoms with Gasteiger partial charge in [-0.3, -0.25) is 9.69 Å². The van der Waals surface area contributed by atoms with Crippen LogP contribution in [0, 0.1) is 5.92 Å². The highest BCUT2D eigenvalue weighted by Gasteiger charge is 2.27. The Morgan fingerprint density at radius 1 is 1.28 bits per heavy atom. The monoisotopic (exact) mass is 255 g/mol. The van der Waals surface area contributed by atoms with Gasteiger partial charge in [0.15, 0.2) is 0 Å². The van der Waals surface area contributed by atoms with Gasteiger partial charge >= 0.3 is 0 Å². The summed E-state index contributed by atoms with van der Waals surface area (Å²) in [5, 5.41) is 3.00. The topological polar surface area (TPSA) is 58.4 Å². The van der Waals surface area contributed by atoms with Gasteiger partial charge in [-0.05, 0) is 38.8 Å². The van der Waals surface area contributed by atoms with Crippen molar-refractivity contribution in [2.75, 3.05) is 19.6 Å². The van der Waals surface area contributed by atoms with Crippen molar-refractivity contribution < 1.29 is 4.79 Å². The Kier molecular flexibility index (Phi) is 6.65. The van der Waals surface area contributed by atoms with Gasteiger partial charge in [-0.2, -0.15) is 0 Å². The zero-order valence-corrected chi connectivity index (χ0v) is 12.1. The Balaban J connectivity index is 2.56. The van der Waals surface area contributed by atoms with Crippen LogP contribution < -0.4 is 11.1 Å². The zero-order valence-electron chi connectivity index (χ0n) is 12.1. The van der Waals surface area contributed by atoms with E-state index in [1.165, 1.54) is 38.8 Å². The predicted octanol–water partition coefficient (Wildman–Crippen LogP) is 1.35. The minimum absolute atomic E-state index is 0.0369. The lowest BCUT2D eigenvalue weighted by atomic mass is 9.93. The van der Waals surface area contributed by atoms with E-state index in [2.05, 4.69) is 24.1 Å². The summed E-state index contributed by atoms with van der Waals surface area (Å²) in [5.41, 5.74) is 5.59. The SMILES string of the molecule is CCC(CC)C(CNC(=O)C(C)N)N1CCCC1. The molecule has 0 bridgehead atoms. The molecule has 0 saturated carbocycles. The minimum atomic E-state index is -0.411. The van der Waals surface area contributed by atoms with Gasteiger partial charge in [-0.15, -0.1) is 0 Å². The molecule has 18 heavy (non-hydrogen) atoms. The molecule has 0 aromatic carbocycles. The molecule has 1 saturated heterocycles. The van der Waals surface area contributed by atoms with Crippen molar-refractivity contribution in [3.05, 3.63) is 0 Å². The van der Waals surface area contributed by atoms with Crippen LogP contribution in [-0.4, -0.2) is 42.5 Å². The first-order chi connectivity index (χ1) is 8.60. The first kappa shape index (κ1) is 15.4. The van der Waals surface area contributed by atoms with E-state index >= 15 is 0 Å². The van der Waals surface area contributed by atoms with Gasteiger partial charge < -0.3 is 11.1 Å². The van der Waals surface area contributed by atoms with E-state index < -0.39 is 6.04 Å². The number of nitrogens with two attached hydrogens (primary N) is 1. The lowest BCUT2D eigenvalue weighted by Gasteiger charge is -2.34. The van der Waals surface area contributed by atoms with Gasteiger partial charge in [0.1, 0.15) is 0 Å². The van der Waals surface area contributed by atoms with Crippen LogP contribution in [0.15, 0.2) is 0 Å². The van der Waals surface area contributed by atoms with Crippen LogP contribution in [0.3, 0.4) is 0 Å². The highest BCUT2D eigenvalue weighted by atomic mass is 16.2. The average molecular weight is 255 g/mol. The van der Waals surface area contributed by atoms with E-state index in [0.29, 0.717) is 12.0 Å². The summed E-state index contributed by atoms with van der Waals surface area (Å²) in [6, 6.07) is 0.0659. The quantitative estimate of drug-likeness (QED) is 0.722. The summed E-state index contributed by atoms with van der Waals surface area (Å²) < 4.78 is 0. The van der Waals surface area contributed by atoms with Crippen LogP contribution >= 0.6 is 0 Å². The lowest BCUT2D eigenvalue weighted by Crippen LogP contribution is -2.49. The molecule has 1 fully saturated rings. The number of likely N-dealkylation sites (tertiary alicyclic amines) is 1. The highest BCUT2D eigenvalue weighted by molar-refractivity contribution is 5.80. The third kappa shape index (κ3) is 4.25. The van der Waals surface area contributed by atoms with E-state index in [9.17, 15) is 4.79 Å². The van der Waals surface area contributed by atoms with Crippen molar-refractivity contribution in [1.82, 2.24) is 10.2 Å². The fourth-order valence-corrected chi connectivity index (χ4v) is 2.87. The summed E-state index contributed by atoms with van der Waals surface area (Å²) in [6.07, 6.45) is 4.92. The largest absolute Gasteiger partial charge is 0.353 e. The fraction of sp³-hybridized carbons (Fsp3) is 0.929. The number of nitrogens with one attached hydrogen (secondary N) is 1. The van der Waals surface area contributed by atoms with E-state index in [-0.39, 0.29) is 5.91 Å². The van der Waals surface area contributed by atoms with Crippen molar-refractivity contribution >= 4 is 5.91 Å². The second-order valence-corrected chi connectivity index (χ2v) is 5.42. The molecular weight excluding hydrogens is 226 g/mol. The highest BCUT2D eigenvalue weighted by Crippen LogP contribution is 2.22. The lowest BCUT2D eigenvalue weighted by molar-refractivity contribution is -0.122. The number of amides is 1. The van der Waals surface area contributed by atoms with Crippen LogP contribution in [-0.2, 0) is 4.79 Å². The molecule has 0 spiro atoms. The van der Waals surface area contributed by atoms with Crippen LogP contribution in [0.2, 0.25) is 0 Å². The van der Waals surface area contributed by atoms with Crippen molar-refractivity contribution in [2.24, 2.45) is 11.7 Å². The second-order valence-electron chi connectivity index (χ2n) is 5.42. The van der Waals surface area contributed by atoms with E-state index in [1.54, 1.807) is 6.92 Å². The Morgan fingerprint density at radius 3 is 2.28 bits per heavy atom. The predicted molar refractivity (Wildman–Crippen MR) is 75.3 cm³/mol. The summed E-state index contributed by atoms with van der Waals surface area (Å²) in [5.74, 6) is 0.627. The molecule has 3 N–H and O–H groups in total. The molecule has 1 rings (SSSR count). The molecule has 4 heteroatoms. The van der Waals surface area contributed by atoms with Gasteiger partial charge in [-0.25, -0.2) is 0 Å². The standard InChI is InChI=1S/C14H29N3O/c1-4-12(5-2)13(17-8-6-7-9-17)10-16-14(18)11(3)15/h11-13H,4-10,15H2,1-3H3,(H,16,18). The molecule has 0 aliphatic carbocycles. The third-order valence-corrected chi connectivity index (χ3v) is 4.10. The second kappa shape index (κ2) is 7.74. The summed E-state index contributed by atoms with van der Waals surface area (Å²) in [7, 11) is 0. The molecule has 0 aromatic heterocycles. The molecule has 0 radical (unpaired) electrons.